The monoisotopic (exact) mass is 255 g/mol. The van der Waals surface area contributed by atoms with Gasteiger partial charge in [-0.25, -0.2) is 0 Å². The third kappa shape index (κ3) is 2.98. The number of aromatic amines is 1. The Bertz CT molecular complexity index is 742. The lowest BCUT2D eigenvalue weighted by atomic mass is 10.1. The highest BCUT2D eigenvalue weighted by molar-refractivity contribution is 5.85. The van der Waals surface area contributed by atoms with Crippen LogP contribution in [0.3, 0.4) is 0 Å². The van der Waals surface area contributed by atoms with Crippen LogP contribution in [-0.4, -0.2) is 16.1 Å². The van der Waals surface area contributed by atoms with Crippen molar-refractivity contribution >= 4 is 16.9 Å². The highest BCUT2D eigenvalue weighted by Crippen LogP contribution is 2.21. The summed E-state index contributed by atoms with van der Waals surface area (Å²) in [6.45, 7) is 1.08. The van der Waals surface area contributed by atoms with Crippen LogP contribution in [0.25, 0.3) is 22.2 Å². The molecule has 1 aromatic rings. The maximum atomic E-state index is 11.6. The summed E-state index contributed by atoms with van der Waals surface area (Å²) in [5, 5.41) is 8.48. The Balaban J connectivity index is 0.000000297. The number of hydrogen-bond acceptors (Lipinski definition) is 2. The van der Waals surface area contributed by atoms with Crippen molar-refractivity contribution < 1.29 is 9.90 Å². The SMILES string of the molecule is CC(=O)O.O=c1cccc2[nH]c3ccccc3cc1-2. The van der Waals surface area contributed by atoms with E-state index >= 15 is 0 Å². The third-order valence-corrected chi connectivity index (χ3v) is 2.60. The van der Waals surface area contributed by atoms with E-state index in [0.717, 1.165) is 29.1 Å². The quantitative estimate of drug-likeness (QED) is 0.607. The number of rotatable bonds is 0. The summed E-state index contributed by atoms with van der Waals surface area (Å²) in [4.78, 5) is 23.9. The summed E-state index contributed by atoms with van der Waals surface area (Å²) in [6.07, 6.45) is 0. The number of para-hydroxylation sites is 1. The van der Waals surface area contributed by atoms with Gasteiger partial charge in [0, 0.05) is 23.7 Å². The summed E-state index contributed by atoms with van der Waals surface area (Å²) in [5.41, 5.74) is 2.75. The standard InChI is InChI=1S/C13H9NO.C2H4O2/c15-13-7-3-6-12-10(13)8-9-4-1-2-5-11(9)14-12;1-2(3)4/h1-8,14H;1H3,(H,3,4). The van der Waals surface area contributed by atoms with Crippen LogP contribution in [0, 0.1) is 0 Å². The molecule has 96 valence electrons. The highest BCUT2D eigenvalue weighted by Gasteiger charge is 2.05. The Labute approximate surface area is 109 Å². The Kier molecular flexibility index (Phi) is 3.61. The van der Waals surface area contributed by atoms with Crippen LogP contribution in [0.1, 0.15) is 6.92 Å². The van der Waals surface area contributed by atoms with Gasteiger partial charge in [-0.1, -0.05) is 24.3 Å². The number of carboxylic acid groups (broad SMARTS) is 1. The second kappa shape index (κ2) is 5.35. The van der Waals surface area contributed by atoms with Gasteiger partial charge in [0.25, 0.3) is 5.97 Å². The number of H-pyrrole nitrogens is 1. The van der Waals surface area contributed by atoms with Gasteiger partial charge in [-0.05, 0) is 29.7 Å². The lowest BCUT2D eigenvalue weighted by Gasteiger charge is -2.06. The fraction of sp³-hybridized carbons (Fsp3) is 0.0667. The molecule has 1 heterocycles. The van der Waals surface area contributed by atoms with Gasteiger partial charge in [0.2, 0.25) is 0 Å². The minimum atomic E-state index is -0.833. The predicted molar refractivity (Wildman–Crippen MR) is 74.5 cm³/mol. The molecule has 0 radical (unpaired) electrons. The molecule has 4 heteroatoms. The number of hydrogen-bond donors (Lipinski definition) is 2. The highest BCUT2D eigenvalue weighted by atomic mass is 16.4. The van der Waals surface area contributed by atoms with E-state index in [-0.39, 0.29) is 5.43 Å². The Morgan fingerprint density at radius 3 is 2.53 bits per heavy atom. The zero-order valence-electron chi connectivity index (χ0n) is 10.4. The van der Waals surface area contributed by atoms with E-state index in [4.69, 9.17) is 9.90 Å². The molecule has 4 nitrogen and oxygen atoms in total. The molecule has 0 saturated heterocycles. The smallest absolute Gasteiger partial charge is 0.300 e. The molecule has 1 aromatic carbocycles. The van der Waals surface area contributed by atoms with Crippen LogP contribution in [0.15, 0.2) is 53.3 Å². The van der Waals surface area contributed by atoms with Crippen molar-refractivity contribution in [3.8, 4) is 11.3 Å². The first-order chi connectivity index (χ1) is 9.08. The van der Waals surface area contributed by atoms with Crippen LogP contribution >= 0.6 is 0 Å². The first-order valence-electron chi connectivity index (χ1n) is 5.78. The van der Waals surface area contributed by atoms with E-state index in [1.54, 1.807) is 12.1 Å². The maximum absolute atomic E-state index is 11.6. The number of carboxylic acids is 1. The third-order valence-electron chi connectivity index (χ3n) is 2.60. The first-order valence-corrected chi connectivity index (χ1v) is 5.78. The van der Waals surface area contributed by atoms with Crippen molar-refractivity contribution in [3.05, 3.63) is 58.8 Å². The molecular weight excluding hydrogens is 242 g/mol. The average Bonchev–Trinajstić information content (AvgIpc) is 2.37. The minimum absolute atomic E-state index is 0.0644. The second-order valence-corrected chi connectivity index (χ2v) is 4.09. The summed E-state index contributed by atoms with van der Waals surface area (Å²) in [7, 11) is 0. The van der Waals surface area contributed by atoms with E-state index in [2.05, 4.69) is 4.98 Å². The van der Waals surface area contributed by atoms with Crippen molar-refractivity contribution in [1.82, 2.24) is 4.98 Å². The normalized spacial score (nSPS) is 9.95. The minimum Gasteiger partial charge on any atom is -0.481 e. The van der Waals surface area contributed by atoms with Gasteiger partial charge in [0.05, 0.1) is 0 Å². The molecular formula is C15H13NO3. The van der Waals surface area contributed by atoms with Gasteiger partial charge in [-0.3, -0.25) is 9.59 Å². The van der Waals surface area contributed by atoms with Gasteiger partial charge >= 0.3 is 0 Å². The number of aromatic nitrogens is 1. The van der Waals surface area contributed by atoms with Crippen molar-refractivity contribution in [1.29, 1.82) is 0 Å². The number of aliphatic carboxylic acids is 1. The molecule has 2 aliphatic rings. The summed E-state index contributed by atoms with van der Waals surface area (Å²) >= 11 is 0. The maximum Gasteiger partial charge on any atom is 0.300 e. The van der Waals surface area contributed by atoms with Gasteiger partial charge in [-0.2, -0.15) is 0 Å². The molecule has 0 amide bonds. The molecule has 2 N–H and O–H groups in total. The summed E-state index contributed by atoms with van der Waals surface area (Å²) in [6, 6.07) is 15.2. The molecule has 0 aromatic heterocycles. The van der Waals surface area contributed by atoms with Crippen LogP contribution in [0.2, 0.25) is 0 Å². The van der Waals surface area contributed by atoms with E-state index in [1.807, 2.05) is 36.4 Å². The number of benzene rings is 2. The fourth-order valence-corrected chi connectivity index (χ4v) is 1.84. The zero-order chi connectivity index (χ0) is 13.8. The predicted octanol–water partition coefficient (Wildman–Crippen LogP) is 2.72. The molecule has 19 heavy (non-hydrogen) atoms. The molecule has 0 unspecified atom stereocenters. The summed E-state index contributed by atoms with van der Waals surface area (Å²) < 4.78 is 0. The molecule has 0 atom stereocenters. The van der Waals surface area contributed by atoms with Crippen molar-refractivity contribution in [2.45, 2.75) is 6.92 Å². The number of fused-ring (bicyclic) bond motifs is 2. The van der Waals surface area contributed by atoms with Crippen molar-refractivity contribution in [2.24, 2.45) is 0 Å². The molecule has 0 saturated carbocycles. The Morgan fingerprint density at radius 1 is 1.11 bits per heavy atom. The van der Waals surface area contributed by atoms with Gasteiger partial charge in [0.15, 0.2) is 5.43 Å². The number of carbonyl (C=O) groups is 1. The van der Waals surface area contributed by atoms with E-state index in [1.165, 1.54) is 0 Å². The summed E-state index contributed by atoms with van der Waals surface area (Å²) in [5.74, 6) is -0.833. The van der Waals surface area contributed by atoms with E-state index in [9.17, 15) is 4.79 Å². The van der Waals surface area contributed by atoms with Crippen LogP contribution in [0.4, 0.5) is 0 Å². The average molecular weight is 255 g/mol. The second-order valence-electron chi connectivity index (χ2n) is 4.09. The van der Waals surface area contributed by atoms with Crippen LogP contribution in [-0.2, 0) is 4.79 Å². The molecule has 1 aliphatic heterocycles. The van der Waals surface area contributed by atoms with Gasteiger partial charge in [0.1, 0.15) is 0 Å². The Hall–Kier alpha value is -2.62. The number of pyridine rings is 1. The number of nitrogens with one attached hydrogen (secondary N) is 1. The van der Waals surface area contributed by atoms with E-state index < -0.39 is 5.97 Å². The molecule has 0 spiro atoms. The lowest BCUT2D eigenvalue weighted by molar-refractivity contribution is -0.134. The largest absolute Gasteiger partial charge is 0.481 e. The lowest BCUT2D eigenvalue weighted by Crippen LogP contribution is -2.04. The van der Waals surface area contributed by atoms with Crippen molar-refractivity contribution in [2.75, 3.05) is 0 Å². The van der Waals surface area contributed by atoms with E-state index in [0.29, 0.717) is 0 Å². The topological polar surface area (TPSA) is 70.2 Å². The van der Waals surface area contributed by atoms with Crippen LogP contribution in [0.5, 0.6) is 0 Å². The molecule has 0 fully saturated rings. The van der Waals surface area contributed by atoms with Gasteiger partial charge in [-0.15, -0.1) is 0 Å². The molecule has 0 bridgehead atoms. The Morgan fingerprint density at radius 2 is 1.79 bits per heavy atom. The molecule has 1 aliphatic carbocycles. The zero-order valence-corrected chi connectivity index (χ0v) is 10.4. The van der Waals surface area contributed by atoms with Crippen molar-refractivity contribution in [3.63, 3.8) is 0 Å². The molecule has 3 rings (SSSR count). The fourth-order valence-electron chi connectivity index (χ4n) is 1.84. The van der Waals surface area contributed by atoms with Gasteiger partial charge < -0.3 is 10.1 Å². The first kappa shape index (κ1) is 12.8. The van der Waals surface area contributed by atoms with Crippen LogP contribution < -0.4 is 5.43 Å².